The summed E-state index contributed by atoms with van der Waals surface area (Å²) >= 11 is 2.37. The van der Waals surface area contributed by atoms with Gasteiger partial charge in [0, 0.05) is 10.1 Å². The van der Waals surface area contributed by atoms with Crippen molar-refractivity contribution in [2.24, 2.45) is 0 Å². The summed E-state index contributed by atoms with van der Waals surface area (Å²) in [6.45, 7) is 5.53. The lowest BCUT2D eigenvalue weighted by atomic mass is 9.97. The van der Waals surface area contributed by atoms with Crippen molar-refractivity contribution < 1.29 is 0 Å². The molecule has 0 saturated heterocycles. The van der Waals surface area contributed by atoms with Crippen molar-refractivity contribution in [1.29, 1.82) is 0 Å². The van der Waals surface area contributed by atoms with E-state index in [0.29, 0.717) is 5.92 Å². The fourth-order valence-corrected chi connectivity index (χ4v) is 2.17. The Bertz CT molecular complexity index is 305. The van der Waals surface area contributed by atoms with Crippen LogP contribution in [-0.4, -0.2) is 19.0 Å². The van der Waals surface area contributed by atoms with E-state index in [9.17, 15) is 0 Å². The van der Waals surface area contributed by atoms with E-state index < -0.39 is 0 Å². The summed E-state index contributed by atoms with van der Waals surface area (Å²) < 4.78 is 1.32. The van der Waals surface area contributed by atoms with Gasteiger partial charge in [-0.2, -0.15) is 0 Å². The van der Waals surface area contributed by atoms with Crippen molar-refractivity contribution in [2.75, 3.05) is 14.1 Å². The van der Waals surface area contributed by atoms with Gasteiger partial charge in [0.05, 0.1) is 0 Å². The van der Waals surface area contributed by atoms with Crippen LogP contribution in [0.25, 0.3) is 0 Å². The highest BCUT2D eigenvalue weighted by molar-refractivity contribution is 14.1. The molecule has 0 aromatic heterocycles. The van der Waals surface area contributed by atoms with Gasteiger partial charge in [-0.25, -0.2) is 0 Å². The Balaban J connectivity index is 3.03. The van der Waals surface area contributed by atoms with Crippen LogP contribution in [0.3, 0.4) is 0 Å². The van der Waals surface area contributed by atoms with E-state index in [0.717, 1.165) is 6.54 Å². The van der Waals surface area contributed by atoms with Crippen LogP contribution in [0.4, 0.5) is 0 Å². The van der Waals surface area contributed by atoms with Gasteiger partial charge in [-0.15, -0.1) is 0 Å². The van der Waals surface area contributed by atoms with Crippen LogP contribution >= 0.6 is 22.6 Å². The molecular formula is C12H18IN. The fraction of sp³-hybridized carbons (Fsp3) is 0.500. The van der Waals surface area contributed by atoms with Gasteiger partial charge in [0.25, 0.3) is 0 Å². The van der Waals surface area contributed by atoms with Crippen LogP contribution in [0.15, 0.2) is 18.2 Å². The van der Waals surface area contributed by atoms with Crippen LogP contribution in [0.5, 0.6) is 0 Å². The minimum absolute atomic E-state index is 0.613. The SMILES string of the molecule is CC(C)c1ccc(I)cc1CN(C)C. The maximum absolute atomic E-state index is 2.37. The lowest BCUT2D eigenvalue weighted by molar-refractivity contribution is 0.400. The molecule has 2 heteroatoms. The topological polar surface area (TPSA) is 3.24 Å². The average molecular weight is 303 g/mol. The molecule has 1 nitrogen and oxygen atoms in total. The number of rotatable bonds is 3. The number of hydrogen-bond acceptors (Lipinski definition) is 1. The Morgan fingerprint density at radius 1 is 1.29 bits per heavy atom. The van der Waals surface area contributed by atoms with E-state index in [1.807, 2.05) is 0 Å². The zero-order chi connectivity index (χ0) is 10.7. The highest BCUT2D eigenvalue weighted by Crippen LogP contribution is 2.22. The smallest absolute Gasteiger partial charge is 0.0230 e. The molecule has 0 atom stereocenters. The second-order valence-electron chi connectivity index (χ2n) is 4.24. The first-order chi connectivity index (χ1) is 6.50. The normalized spacial score (nSPS) is 11.4. The molecule has 14 heavy (non-hydrogen) atoms. The van der Waals surface area contributed by atoms with Crippen molar-refractivity contribution >= 4 is 22.6 Å². The third-order valence-corrected chi connectivity index (χ3v) is 2.88. The first-order valence-electron chi connectivity index (χ1n) is 4.93. The number of halogens is 1. The molecule has 0 radical (unpaired) electrons. The van der Waals surface area contributed by atoms with Crippen LogP contribution < -0.4 is 0 Å². The summed E-state index contributed by atoms with van der Waals surface area (Å²) in [5.41, 5.74) is 2.93. The van der Waals surface area contributed by atoms with Gasteiger partial charge >= 0.3 is 0 Å². The molecule has 0 saturated carbocycles. The van der Waals surface area contributed by atoms with Crippen molar-refractivity contribution in [3.8, 4) is 0 Å². The predicted octanol–water partition coefficient (Wildman–Crippen LogP) is 3.48. The molecule has 78 valence electrons. The molecule has 0 unspecified atom stereocenters. The number of nitrogens with zero attached hydrogens (tertiary/aromatic N) is 1. The maximum Gasteiger partial charge on any atom is 0.0230 e. The first-order valence-corrected chi connectivity index (χ1v) is 6.01. The summed E-state index contributed by atoms with van der Waals surface area (Å²) in [4.78, 5) is 2.22. The molecule has 1 aromatic carbocycles. The van der Waals surface area contributed by atoms with Gasteiger partial charge in [0.1, 0.15) is 0 Å². The summed E-state index contributed by atoms with van der Waals surface area (Å²) in [6.07, 6.45) is 0. The Morgan fingerprint density at radius 2 is 1.93 bits per heavy atom. The number of benzene rings is 1. The second-order valence-corrected chi connectivity index (χ2v) is 5.48. The van der Waals surface area contributed by atoms with E-state index in [1.54, 1.807) is 0 Å². The van der Waals surface area contributed by atoms with Gasteiger partial charge in [0.15, 0.2) is 0 Å². The molecule has 0 aliphatic heterocycles. The molecule has 0 fully saturated rings. The molecule has 0 aliphatic rings. The predicted molar refractivity (Wildman–Crippen MR) is 70.6 cm³/mol. The molecular weight excluding hydrogens is 285 g/mol. The molecule has 0 bridgehead atoms. The molecule has 0 spiro atoms. The molecule has 0 aliphatic carbocycles. The standard InChI is InChI=1S/C12H18IN/c1-9(2)12-6-5-11(13)7-10(12)8-14(3)4/h5-7,9H,8H2,1-4H3. The van der Waals surface area contributed by atoms with Crippen LogP contribution in [0.2, 0.25) is 0 Å². The van der Waals surface area contributed by atoms with Gasteiger partial charge in [0.2, 0.25) is 0 Å². The highest BCUT2D eigenvalue weighted by Gasteiger charge is 2.07. The van der Waals surface area contributed by atoms with Gasteiger partial charge in [-0.3, -0.25) is 0 Å². The van der Waals surface area contributed by atoms with Crippen molar-refractivity contribution in [2.45, 2.75) is 26.3 Å². The minimum Gasteiger partial charge on any atom is -0.305 e. The van der Waals surface area contributed by atoms with E-state index >= 15 is 0 Å². The quantitative estimate of drug-likeness (QED) is 0.773. The lowest BCUT2D eigenvalue weighted by Gasteiger charge is -2.16. The van der Waals surface area contributed by atoms with E-state index in [-0.39, 0.29) is 0 Å². The van der Waals surface area contributed by atoms with Crippen LogP contribution in [0, 0.1) is 3.57 Å². The van der Waals surface area contributed by atoms with E-state index in [1.165, 1.54) is 14.7 Å². The Morgan fingerprint density at radius 3 is 2.43 bits per heavy atom. The summed E-state index contributed by atoms with van der Waals surface area (Å²) in [7, 11) is 4.23. The first kappa shape index (κ1) is 12.0. The molecule has 1 aromatic rings. The van der Waals surface area contributed by atoms with E-state index in [2.05, 4.69) is 73.6 Å². The molecule has 1 rings (SSSR count). The summed E-state index contributed by atoms with van der Waals surface area (Å²) in [5, 5.41) is 0. The third kappa shape index (κ3) is 3.24. The maximum atomic E-state index is 2.37. The van der Waals surface area contributed by atoms with Crippen LogP contribution in [0.1, 0.15) is 30.9 Å². The highest BCUT2D eigenvalue weighted by atomic mass is 127. The average Bonchev–Trinajstić information content (AvgIpc) is 2.01. The molecule has 0 amide bonds. The lowest BCUT2D eigenvalue weighted by Crippen LogP contribution is -2.13. The van der Waals surface area contributed by atoms with Crippen LogP contribution in [-0.2, 0) is 6.54 Å². The summed E-state index contributed by atoms with van der Waals surface area (Å²) in [6, 6.07) is 6.73. The van der Waals surface area contributed by atoms with Crippen molar-refractivity contribution in [3.05, 3.63) is 32.9 Å². The van der Waals surface area contributed by atoms with Gasteiger partial charge in [-0.05, 0) is 65.9 Å². The zero-order valence-corrected chi connectivity index (χ0v) is 11.5. The zero-order valence-electron chi connectivity index (χ0n) is 9.34. The van der Waals surface area contributed by atoms with Crippen molar-refractivity contribution in [3.63, 3.8) is 0 Å². The largest absolute Gasteiger partial charge is 0.305 e. The Kier molecular flexibility index (Phi) is 4.38. The van der Waals surface area contributed by atoms with Gasteiger partial charge < -0.3 is 4.90 Å². The Labute approximate surface area is 101 Å². The van der Waals surface area contributed by atoms with E-state index in [4.69, 9.17) is 0 Å². The summed E-state index contributed by atoms with van der Waals surface area (Å²) in [5.74, 6) is 0.613. The van der Waals surface area contributed by atoms with Gasteiger partial charge in [-0.1, -0.05) is 19.9 Å². The number of hydrogen-bond donors (Lipinski definition) is 0. The Hall–Kier alpha value is -0.0900. The second kappa shape index (κ2) is 5.12. The minimum atomic E-state index is 0.613. The van der Waals surface area contributed by atoms with Crippen molar-refractivity contribution in [1.82, 2.24) is 4.90 Å². The molecule has 0 heterocycles. The molecule has 0 N–H and O–H groups in total. The fourth-order valence-electron chi connectivity index (χ4n) is 1.62. The monoisotopic (exact) mass is 303 g/mol. The third-order valence-electron chi connectivity index (χ3n) is 2.21.